The number of nitrogens with zero attached hydrogens (tertiary/aromatic N) is 1. The van der Waals surface area contributed by atoms with Crippen LogP contribution in [0.3, 0.4) is 0 Å². The summed E-state index contributed by atoms with van der Waals surface area (Å²) < 4.78 is 37.6. The lowest BCUT2D eigenvalue weighted by Gasteiger charge is -2.38. The zero-order valence-corrected chi connectivity index (χ0v) is 14.0. The van der Waals surface area contributed by atoms with Crippen LogP contribution in [0, 0.1) is 11.6 Å². The number of hydrogen-bond donors (Lipinski definition) is 1. The summed E-state index contributed by atoms with van der Waals surface area (Å²) in [5.41, 5.74) is -0.113. The van der Waals surface area contributed by atoms with E-state index >= 15 is 0 Å². The van der Waals surface area contributed by atoms with Gasteiger partial charge in [0.1, 0.15) is 22.4 Å². The highest BCUT2D eigenvalue weighted by Gasteiger charge is 2.36. The number of ether oxygens (including phenoxy) is 1. The first kappa shape index (κ1) is 17.5. The second kappa shape index (κ2) is 6.87. The van der Waals surface area contributed by atoms with Crippen LogP contribution in [0.2, 0.25) is 5.02 Å². The predicted molar refractivity (Wildman–Crippen MR) is 84.5 cm³/mol. The molecular formula is C16H15ClF2N2O4. The number of likely N-dealkylation sites (tertiary alicyclic amines) is 1. The number of hydrogen-bond acceptors (Lipinski definition) is 4. The second-order valence-corrected chi connectivity index (χ2v) is 6.19. The lowest BCUT2D eigenvalue weighted by atomic mass is 9.86. The molecule has 2 aromatic rings. The summed E-state index contributed by atoms with van der Waals surface area (Å²) in [6.45, 7) is 0.281. The molecule has 0 aliphatic carbocycles. The summed E-state index contributed by atoms with van der Waals surface area (Å²) in [6.07, 6.45) is 0.233. The number of aromatic amines is 1. The number of piperidine rings is 1. The molecule has 0 unspecified atom stereocenters. The van der Waals surface area contributed by atoms with Gasteiger partial charge >= 0.3 is 6.09 Å². The smallest absolute Gasteiger partial charge is 0.409 e. The van der Waals surface area contributed by atoms with Gasteiger partial charge in [-0.3, -0.25) is 4.79 Å². The van der Waals surface area contributed by atoms with Crippen LogP contribution in [-0.4, -0.2) is 29.8 Å². The van der Waals surface area contributed by atoms with E-state index in [0.29, 0.717) is 18.6 Å². The minimum Gasteiger partial charge on any atom is -0.453 e. The average Bonchev–Trinajstić information content (AvgIpc) is 3.04. The topological polar surface area (TPSA) is 75.5 Å². The van der Waals surface area contributed by atoms with E-state index in [9.17, 15) is 18.4 Å². The van der Waals surface area contributed by atoms with E-state index in [1.54, 1.807) is 0 Å². The largest absolute Gasteiger partial charge is 0.453 e. The van der Waals surface area contributed by atoms with Crippen molar-refractivity contribution in [2.75, 3.05) is 13.7 Å². The summed E-state index contributed by atoms with van der Waals surface area (Å²) in [6, 6.07) is 2.88. The van der Waals surface area contributed by atoms with Gasteiger partial charge in [-0.2, -0.15) is 5.16 Å². The highest BCUT2D eigenvalue weighted by atomic mass is 35.5. The Hall–Kier alpha value is -2.35. The number of nitrogens with one attached hydrogen (secondary N) is 1. The molecule has 1 N–H and O–H groups in total. The number of methoxy groups -OCH3 is 1. The molecule has 0 bridgehead atoms. The third-order valence-corrected chi connectivity index (χ3v) is 4.71. The first-order valence-electron chi connectivity index (χ1n) is 7.58. The quantitative estimate of drug-likeness (QED) is 0.817. The summed E-state index contributed by atoms with van der Waals surface area (Å²) >= 11 is 5.53. The van der Waals surface area contributed by atoms with Crippen LogP contribution in [0.15, 0.2) is 27.5 Å². The van der Waals surface area contributed by atoms with Crippen LogP contribution in [0.25, 0.3) is 0 Å². The summed E-state index contributed by atoms with van der Waals surface area (Å²) in [5, 5.41) is 1.62. The maximum atomic E-state index is 13.9. The highest BCUT2D eigenvalue weighted by Crippen LogP contribution is 2.40. The molecule has 1 aliphatic rings. The molecule has 1 saturated heterocycles. The van der Waals surface area contributed by atoms with Crippen molar-refractivity contribution < 1.29 is 22.8 Å². The van der Waals surface area contributed by atoms with Crippen LogP contribution in [0.5, 0.6) is 0 Å². The molecule has 25 heavy (non-hydrogen) atoms. The van der Waals surface area contributed by atoms with Crippen LogP contribution in [0.1, 0.15) is 36.1 Å². The molecule has 0 spiro atoms. The number of halogens is 3. The fourth-order valence-corrected chi connectivity index (χ4v) is 3.25. The summed E-state index contributed by atoms with van der Waals surface area (Å²) in [7, 11) is 1.24. The van der Waals surface area contributed by atoms with Crippen LogP contribution in [-0.2, 0) is 4.74 Å². The Bertz CT molecular complexity index is 828. The van der Waals surface area contributed by atoms with E-state index in [4.69, 9.17) is 20.9 Å². The van der Waals surface area contributed by atoms with E-state index < -0.39 is 28.8 Å². The third kappa shape index (κ3) is 3.39. The molecule has 1 fully saturated rings. The maximum Gasteiger partial charge on any atom is 0.409 e. The molecule has 6 nitrogen and oxygen atoms in total. The molecule has 0 saturated carbocycles. The van der Waals surface area contributed by atoms with Crippen molar-refractivity contribution in [2.45, 2.75) is 24.8 Å². The van der Waals surface area contributed by atoms with Crippen molar-refractivity contribution in [2.24, 2.45) is 0 Å². The van der Waals surface area contributed by atoms with Crippen molar-refractivity contribution >= 4 is 17.7 Å². The Morgan fingerprint density at radius 2 is 2.04 bits per heavy atom. The molecule has 1 amide bonds. The minimum atomic E-state index is -0.906. The molecule has 2 heterocycles. The van der Waals surface area contributed by atoms with Gasteiger partial charge in [0.05, 0.1) is 13.2 Å². The van der Waals surface area contributed by atoms with Gasteiger partial charge in [0, 0.05) is 18.5 Å². The lowest BCUT2D eigenvalue weighted by Crippen LogP contribution is -2.40. The number of aromatic nitrogens is 1. The van der Waals surface area contributed by atoms with Crippen LogP contribution >= 0.6 is 11.6 Å². The standard InChI is InChI=1S/C16H15ClF2N2O4/c1-24-16(23)21-3-2-8(13-7-14(22)20-25-13)6-12(21)9-4-10(18)15(17)11(19)5-9/h4-5,7-8,12H,2-3,6H2,1H3,(H,20,22)/t8-,12-/m1/s1. The van der Waals surface area contributed by atoms with Crippen molar-refractivity contribution in [1.82, 2.24) is 10.1 Å². The Morgan fingerprint density at radius 1 is 1.36 bits per heavy atom. The van der Waals surface area contributed by atoms with Gasteiger partial charge in [-0.15, -0.1) is 0 Å². The zero-order valence-electron chi connectivity index (χ0n) is 13.2. The van der Waals surface area contributed by atoms with Gasteiger partial charge in [0.2, 0.25) is 0 Å². The van der Waals surface area contributed by atoms with Crippen molar-refractivity contribution in [3.63, 3.8) is 0 Å². The average molecular weight is 373 g/mol. The van der Waals surface area contributed by atoms with E-state index in [1.165, 1.54) is 18.1 Å². The van der Waals surface area contributed by atoms with Gasteiger partial charge in [-0.05, 0) is 30.5 Å². The molecule has 9 heteroatoms. The number of carbonyl (C=O) groups excluding carboxylic acids is 1. The molecule has 1 aromatic carbocycles. The van der Waals surface area contributed by atoms with Gasteiger partial charge in [0.25, 0.3) is 5.56 Å². The van der Waals surface area contributed by atoms with Gasteiger partial charge in [-0.1, -0.05) is 11.6 Å². The number of amides is 1. The Labute approximate surface area is 146 Å². The molecule has 0 radical (unpaired) electrons. The third-order valence-electron chi connectivity index (χ3n) is 4.35. The highest BCUT2D eigenvalue weighted by molar-refractivity contribution is 6.30. The zero-order chi connectivity index (χ0) is 18.1. The number of benzene rings is 1. The van der Waals surface area contributed by atoms with E-state index in [-0.39, 0.29) is 23.6 Å². The van der Waals surface area contributed by atoms with Crippen molar-refractivity contribution in [3.8, 4) is 0 Å². The number of H-pyrrole nitrogens is 1. The van der Waals surface area contributed by atoms with Gasteiger partial charge in [-0.25, -0.2) is 13.6 Å². The first-order chi connectivity index (χ1) is 11.9. The van der Waals surface area contributed by atoms with Gasteiger partial charge < -0.3 is 14.2 Å². The fourth-order valence-electron chi connectivity index (χ4n) is 3.14. The van der Waals surface area contributed by atoms with Crippen molar-refractivity contribution in [3.05, 3.63) is 56.5 Å². The van der Waals surface area contributed by atoms with E-state index in [2.05, 4.69) is 5.16 Å². The summed E-state index contributed by atoms with van der Waals surface area (Å²) in [5.74, 6) is -1.56. The minimum absolute atomic E-state index is 0.188. The van der Waals surface area contributed by atoms with Crippen LogP contribution in [0.4, 0.5) is 13.6 Å². The molecule has 134 valence electrons. The molecule has 3 rings (SSSR count). The predicted octanol–water partition coefficient (Wildman–Crippen LogP) is 3.59. The SMILES string of the molecule is COC(=O)N1CC[C@@H](c2cc(=O)[nH]o2)C[C@@H]1c1cc(F)c(Cl)c(F)c1. The fraction of sp³-hybridized carbons (Fsp3) is 0.375. The Balaban J connectivity index is 1.97. The van der Waals surface area contributed by atoms with Crippen LogP contribution < -0.4 is 5.56 Å². The Kier molecular flexibility index (Phi) is 4.80. The first-order valence-corrected chi connectivity index (χ1v) is 7.96. The molecule has 1 aliphatic heterocycles. The van der Waals surface area contributed by atoms with E-state index in [1.807, 2.05) is 0 Å². The molecular weight excluding hydrogens is 358 g/mol. The molecule has 2 atom stereocenters. The summed E-state index contributed by atoms with van der Waals surface area (Å²) in [4.78, 5) is 24.7. The number of rotatable bonds is 2. The lowest BCUT2D eigenvalue weighted by molar-refractivity contribution is 0.0813. The Morgan fingerprint density at radius 3 is 2.60 bits per heavy atom. The van der Waals surface area contributed by atoms with E-state index in [0.717, 1.165) is 12.1 Å². The molecule has 1 aromatic heterocycles. The maximum absolute atomic E-state index is 13.9. The van der Waals surface area contributed by atoms with Crippen molar-refractivity contribution in [1.29, 1.82) is 0 Å². The number of carbonyl (C=O) groups is 1. The normalized spacial score (nSPS) is 20.6. The monoisotopic (exact) mass is 372 g/mol. The van der Waals surface area contributed by atoms with Gasteiger partial charge in [0.15, 0.2) is 0 Å². The second-order valence-electron chi connectivity index (χ2n) is 5.81.